The molecule has 0 aliphatic carbocycles. The lowest BCUT2D eigenvalue weighted by atomic mass is 10.2. The molecule has 0 fully saturated rings. The van der Waals surface area contributed by atoms with Gasteiger partial charge in [0.05, 0.1) is 5.97 Å². The fourth-order valence-electron chi connectivity index (χ4n) is 1.94. The number of aliphatic carboxylic acids is 1. The van der Waals surface area contributed by atoms with Crippen LogP contribution in [0, 0.1) is 17.5 Å². The Morgan fingerprint density at radius 3 is 2.42 bits per heavy atom. The maximum atomic E-state index is 13.2. The van der Waals surface area contributed by atoms with Gasteiger partial charge in [0.25, 0.3) is 5.22 Å². The first-order valence-electron chi connectivity index (χ1n) is 7.08. The number of carbonyl (C=O) groups excluding carboxylic acids is 1. The van der Waals surface area contributed by atoms with Gasteiger partial charge in [0.2, 0.25) is 5.89 Å². The lowest BCUT2D eigenvalue weighted by molar-refractivity contribution is -0.298. The predicted molar refractivity (Wildman–Crippen MR) is 84.9 cm³/mol. The van der Waals surface area contributed by atoms with E-state index in [0.717, 1.165) is 18.2 Å². The molecule has 0 spiro atoms. The molecule has 3 aromatic rings. The van der Waals surface area contributed by atoms with Gasteiger partial charge in [-0.3, -0.25) is 0 Å². The van der Waals surface area contributed by atoms with Gasteiger partial charge in [-0.25, -0.2) is 13.2 Å². The number of carboxylic acid groups (broad SMARTS) is 1. The van der Waals surface area contributed by atoms with E-state index in [9.17, 15) is 23.1 Å². The number of benzene rings is 2. The number of hydrogen-bond acceptors (Lipinski definition) is 6. The summed E-state index contributed by atoms with van der Waals surface area (Å²) in [6.07, 6.45) is 1.09. The summed E-state index contributed by atoms with van der Waals surface area (Å²) in [5, 5.41) is 18.6. The zero-order chi connectivity index (χ0) is 18.7. The second-order valence-corrected chi connectivity index (χ2v) is 5.94. The zero-order valence-corrected chi connectivity index (χ0v) is 13.6. The number of carbonyl (C=O) groups is 1. The van der Waals surface area contributed by atoms with E-state index < -0.39 is 23.4 Å². The van der Waals surface area contributed by atoms with Crippen LogP contribution in [0.15, 0.2) is 57.0 Å². The molecule has 3 rings (SSSR count). The lowest BCUT2D eigenvalue weighted by Crippen LogP contribution is -2.23. The van der Waals surface area contributed by atoms with Crippen molar-refractivity contribution in [2.75, 3.05) is 0 Å². The molecule has 0 bridgehead atoms. The number of nitrogens with zero attached hydrogens (tertiary/aromatic N) is 2. The average Bonchev–Trinajstić information content (AvgIpc) is 3.06. The second kappa shape index (κ2) is 7.44. The first-order chi connectivity index (χ1) is 12.4. The predicted octanol–water partition coefficient (Wildman–Crippen LogP) is 3.04. The summed E-state index contributed by atoms with van der Waals surface area (Å²) in [5.41, 5.74) is 0.569. The van der Waals surface area contributed by atoms with Crippen molar-refractivity contribution in [3.05, 3.63) is 70.4 Å². The van der Waals surface area contributed by atoms with Crippen molar-refractivity contribution in [1.29, 1.82) is 0 Å². The molecule has 1 aromatic heterocycles. The largest absolute Gasteiger partial charge is 0.544 e. The Balaban J connectivity index is 1.84. The highest BCUT2D eigenvalue weighted by Crippen LogP contribution is 2.29. The third-order valence-corrected chi connectivity index (χ3v) is 3.98. The van der Waals surface area contributed by atoms with Crippen LogP contribution in [-0.4, -0.2) is 16.2 Å². The van der Waals surface area contributed by atoms with Crippen molar-refractivity contribution >= 4 is 23.8 Å². The third kappa shape index (κ3) is 4.12. The van der Waals surface area contributed by atoms with Crippen molar-refractivity contribution in [3.63, 3.8) is 0 Å². The Kier molecular flexibility index (Phi) is 5.08. The van der Waals surface area contributed by atoms with Gasteiger partial charge in [0.15, 0.2) is 11.6 Å². The molecule has 0 amide bonds. The maximum absolute atomic E-state index is 13.2. The summed E-state index contributed by atoms with van der Waals surface area (Å²) in [6.45, 7) is 0. The van der Waals surface area contributed by atoms with Crippen LogP contribution in [0.25, 0.3) is 17.5 Å². The Hall–Kier alpha value is -3.07. The fraction of sp³-hybridized carbons (Fsp3) is 0. The Morgan fingerprint density at radius 2 is 1.77 bits per heavy atom. The van der Waals surface area contributed by atoms with Crippen LogP contribution in [0.4, 0.5) is 13.2 Å². The van der Waals surface area contributed by atoms with E-state index in [4.69, 9.17) is 4.42 Å². The van der Waals surface area contributed by atoms with E-state index >= 15 is 0 Å². The van der Waals surface area contributed by atoms with Crippen LogP contribution in [0.3, 0.4) is 0 Å². The quantitative estimate of drug-likeness (QED) is 0.502. The van der Waals surface area contributed by atoms with E-state index in [-0.39, 0.29) is 21.6 Å². The molecule has 26 heavy (non-hydrogen) atoms. The smallest absolute Gasteiger partial charge is 0.281 e. The molecular weight excluding hydrogens is 369 g/mol. The van der Waals surface area contributed by atoms with Gasteiger partial charge in [-0.1, -0.05) is 6.07 Å². The molecule has 132 valence electrons. The summed E-state index contributed by atoms with van der Waals surface area (Å²) in [7, 11) is 0. The number of rotatable bonds is 5. The van der Waals surface area contributed by atoms with Crippen LogP contribution in [0.1, 0.15) is 5.56 Å². The Labute approximate surface area is 149 Å². The van der Waals surface area contributed by atoms with Gasteiger partial charge in [0, 0.05) is 10.5 Å². The molecule has 0 saturated heterocycles. The highest BCUT2D eigenvalue weighted by atomic mass is 32.2. The van der Waals surface area contributed by atoms with Crippen LogP contribution < -0.4 is 5.11 Å². The van der Waals surface area contributed by atoms with Crippen LogP contribution in [0.2, 0.25) is 0 Å². The minimum atomic E-state index is -1.55. The molecule has 1 heterocycles. The molecule has 0 saturated carbocycles. The highest BCUT2D eigenvalue weighted by molar-refractivity contribution is 8.03. The molecule has 0 N–H and O–H groups in total. The van der Waals surface area contributed by atoms with Gasteiger partial charge < -0.3 is 14.3 Å². The van der Waals surface area contributed by atoms with Gasteiger partial charge in [0.1, 0.15) is 5.82 Å². The first kappa shape index (κ1) is 17.7. The van der Waals surface area contributed by atoms with Gasteiger partial charge >= 0.3 is 0 Å². The number of hydrogen-bond donors (Lipinski definition) is 0. The number of halogens is 3. The number of aromatic nitrogens is 2. The van der Waals surface area contributed by atoms with E-state index in [1.165, 1.54) is 30.3 Å². The van der Waals surface area contributed by atoms with E-state index in [1.54, 1.807) is 0 Å². The highest BCUT2D eigenvalue weighted by Gasteiger charge is 2.13. The van der Waals surface area contributed by atoms with Crippen LogP contribution in [0.5, 0.6) is 0 Å². The normalized spacial score (nSPS) is 11.6. The minimum Gasteiger partial charge on any atom is -0.544 e. The molecular formula is C17H8F3N2O3S-. The standard InChI is InChI=1S/C17H9F3N2O3S/c18-11-4-2-10(3-5-11)15-21-22-17(25-15)26-14(16(23)24)8-9-1-6-12(19)13(20)7-9/h1-8H,(H,23,24)/p-1/b14-8+. The van der Waals surface area contributed by atoms with Gasteiger partial charge in [-0.15, -0.1) is 10.2 Å². The van der Waals surface area contributed by atoms with Crippen LogP contribution in [-0.2, 0) is 4.79 Å². The summed E-state index contributed by atoms with van der Waals surface area (Å²) in [5.74, 6) is -4.08. The van der Waals surface area contributed by atoms with Crippen molar-refractivity contribution in [1.82, 2.24) is 10.2 Å². The molecule has 9 heteroatoms. The molecule has 5 nitrogen and oxygen atoms in total. The summed E-state index contributed by atoms with van der Waals surface area (Å²) >= 11 is 0.589. The summed E-state index contributed by atoms with van der Waals surface area (Å²) in [4.78, 5) is 10.9. The maximum Gasteiger partial charge on any atom is 0.281 e. The molecule has 0 aliphatic rings. The Morgan fingerprint density at radius 1 is 1.04 bits per heavy atom. The summed E-state index contributed by atoms with van der Waals surface area (Å²) < 4.78 is 44.4. The SMILES string of the molecule is O=C([O-])/C(=C\c1ccc(F)c(F)c1)Sc1nnc(-c2ccc(F)cc2)o1. The zero-order valence-electron chi connectivity index (χ0n) is 12.8. The van der Waals surface area contributed by atoms with Crippen molar-refractivity contribution in [2.45, 2.75) is 5.22 Å². The van der Waals surface area contributed by atoms with Gasteiger partial charge in [-0.05, 0) is 59.8 Å². The number of thioether (sulfide) groups is 1. The fourth-order valence-corrected chi connectivity index (χ4v) is 2.61. The van der Waals surface area contributed by atoms with Crippen LogP contribution >= 0.6 is 11.8 Å². The van der Waals surface area contributed by atoms with Gasteiger partial charge in [-0.2, -0.15) is 0 Å². The molecule has 2 aromatic carbocycles. The minimum absolute atomic E-state index is 0.0676. The van der Waals surface area contributed by atoms with E-state index in [0.29, 0.717) is 17.3 Å². The average molecular weight is 377 g/mol. The summed E-state index contributed by atoms with van der Waals surface area (Å²) in [6, 6.07) is 8.19. The van der Waals surface area contributed by atoms with Crippen molar-refractivity contribution in [2.24, 2.45) is 0 Å². The topological polar surface area (TPSA) is 79.0 Å². The lowest BCUT2D eigenvalue weighted by Gasteiger charge is -2.05. The number of carboxylic acids is 1. The monoisotopic (exact) mass is 377 g/mol. The van der Waals surface area contributed by atoms with Crippen molar-refractivity contribution in [3.8, 4) is 11.5 Å². The molecule has 0 aliphatic heterocycles. The van der Waals surface area contributed by atoms with E-state index in [2.05, 4.69) is 10.2 Å². The molecule has 0 unspecified atom stereocenters. The first-order valence-corrected chi connectivity index (χ1v) is 7.89. The van der Waals surface area contributed by atoms with Crippen molar-refractivity contribution < 1.29 is 27.5 Å². The second-order valence-electron chi connectivity index (χ2n) is 4.95. The third-order valence-electron chi connectivity index (χ3n) is 3.14. The van der Waals surface area contributed by atoms with E-state index in [1.807, 2.05) is 0 Å². The molecule has 0 radical (unpaired) electrons. The molecule has 0 atom stereocenters. The Bertz CT molecular complexity index is 987.